The van der Waals surface area contributed by atoms with E-state index in [1.54, 1.807) is 0 Å². The maximum atomic E-state index is 5.40. The molecule has 4 nitrogen and oxygen atoms in total. The van der Waals surface area contributed by atoms with Crippen LogP contribution in [0, 0.1) is 0 Å². The van der Waals surface area contributed by atoms with Crippen LogP contribution in [0.1, 0.15) is 25.7 Å². The van der Waals surface area contributed by atoms with Crippen LogP contribution in [-0.4, -0.2) is 74.4 Å². The summed E-state index contributed by atoms with van der Waals surface area (Å²) in [5.41, 5.74) is 0. The van der Waals surface area contributed by atoms with Crippen molar-refractivity contribution in [1.82, 2.24) is 15.1 Å². The molecule has 3 rings (SSSR count). The number of morpholine rings is 1. The lowest BCUT2D eigenvalue weighted by molar-refractivity contribution is 0.0327. The number of nitrogens with zero attached hydrogens (tertiary/aromatic N) is 2. The van der Waals surface area contributed by atoms with Crippen molar-refractivity contribution in [2.24, 2.45) is 0 Å². The molecule has 0 bridgehead atoms. The van der Waals surface area contributed by atoms with Gasteiger partial charge in [-0.25, -0.2) is 0 Å². The highest BCUT2D eigenvalue weighted by atomic mass is 16.5. The summed E-state index contributed by atoms with van der Waals surface area (Å²) in [4.78, 5) is 5.25. The molecule has 1 aliphatic carbocycles. The van der Waals surface area contributed by atoms with Gasteiger partial charge in [0.1, 0.15) is 0 Å². The average Bonchev–Trinajstić information content (AvgIpc) is 3.14. The maximum absolute atomic E-state index is 5.40. The number of likely N-dealkylation sites (tertiary alicyclic amines) is 1. The SMILES string of the molecule is C1CC(CNC2CC2)N(CCN2CCOCC2)C1. The van der Waals surface area contributed by atoms with Gasteiger partial charge in [-0.1, -0.05) is 0 Å². The van der Waals surface area contributed by atoms with E-state index < -0.39 is 0 Å². The Kier molecular flexibility index (Phi) is 4.52. The summed E-state index contributed by atoms with van der Waals surface area (Å²) >= 11 is 0. The first-order chi connectivity index (χ1) is 8.92. The summed E-state index contributed by atoms with van der Waals surface area (Å²) in [6.45, 7) is 9.09. The zero-order chi connectivity index (χ0) is 12.2. The van der Waals surface area contributed by atoms with E-state index in [1.165, 1.54) is 51.9 Å². The van der Waals surface area contributed by atoms with Crippen LogP contribution in [0.4, 0.5) is 0 Å². The van der Waals surface area contributed by atoms with Gasteiger partial charge in [-0.2, -0.15) is 0 Å². The van der Waals surface area contributed by atoms with Gasteiger partial charge in [-0.15, -0.1) is 0 Å². The van der Waals surface area contributed by atoms with E-state index in [-0.39, 0.29) is 0 Å². The molecule has 1 atom stereocenters. The fourth-order valence-electron chi connectivity index (χ4n) is 3.11. The van der Waals surface area contributed by atoms with Crippen molar-refractivity contribution < 1.29 is 4.74 Å². The van der Waals surface area contributed by atoms with Crippen LogP contribution in [0.3, 0.4) is 0 Å². The predicted octanol–water partition coefficient (Wildman–Crippen LogP) is 0.535. The maximum Gasteiger partial charge on any atom is 0.0594 e. The topological polar surface area (TPSA) is 27.7 Å². The summed E-state index contributed by atoms with van der Waals surface area (Å²) in [7, 11) is 0. The van der Waals surface area contributed by atoms with E-state index in [0.717, 1.165) is 38.4 Å². The average molecular weight is 253 g/mol. The fraction of sp³-hybridized carbons (Fsp3) is 1.00. The molecule has 3 aliphatic rings. The molecule has 1 saturated carbocycles. The van der Waals surface area contributed by atoms with E-state index in [0.29, 0.717) is 0 Å². The highest BCUT2D eigenvalue weighted by Gasteiger charge is 2.27. The summed E-state index contributed by atoms with van der Waals surface area (Å²) in [5, 5.41) is 3.69. The third-order valence-electron chi connectivity index (χ3n) is 4.53. The van der Waals surface area contributed by atoms with E-state index in [2.05, 4.69) is 15.1 Å². The Morgan fingerprint density at radius 1 is 1.00 bits per heavy atom. The second kappa shape index (κ2) is 6.33. The largest absolute Gasteiger partial charge is 0.379 e. The van der Waals surface area contributed by atoms with E-state index in [9.17, 15) is 0 Å². The van der Waals surface area contributed by atoms with Gasteiger partial charge in [-0.05, 0) is 32.2 Å². The Labute approximate surface area is 111 Å². The number of hydrogen-bond acceptors (Lipinski definition) is 4. The summed E-state index contributed by atoms with van der Waals surface area (Å²) in [5.74, 6) is 0. The van der Waals surface area contributed by atoms with Crippen molar-refractivity contribution in [3.05, 3.63) is 0 Å². The summed E-state index contributed by atoms with van der Waals surface area (Å²) in [6, 6.07) is 1.65. The Morgan fingerprint density at radius 2 is 1.83 bits per heavy atom. The van der Waals surface area contributed by atoms with Gasteiger partial charge in [-0.3, -0.25) is 9.80 Å². The van der Waals surface area contributed by atoms with E-state index >= 15 is 0 Å². The first-order valence-electron chi connectivity index (χ1n) is 7.69. The van der Waals surface area contributed by atoms with Gasteiger partial charge < -0.3 is 10.1 Å². The number of rotatable bonds is 6. The fourth-order valence-corrected chi connectivity index (χ4v) is 3.11. The molecular weight excluding hydrogens is 226 g/mol. The number of ether oxygens (including phenoxy) is 1. The normalized spacial score (nSPS) is 31.0. The first kappa shape index (κ1) is 12.9. The monoisotopic (exact) mass is 253 g/mol. The minimum atomic E-state index is 0.798. The van der Waals surface area contributed by atoms with Crippen molar-refractivity contribution >= 4 is 0 Å². The van der Waals surface area contributed by atoms with Crippen LogP contribution in [-0.2, 0) is 4.74 Å². The van der Waals surface area contributed by atoms with Crippen molar-refractivity contribution in [2.75, 3.05) is 52.5 Å². The smallest absolute Gasteiger partial charge is 0.0594 e. The second-order valence-corrected chi connectivity index (χ2v) is 5.97. The van der Waals surface area contributed by atoms with Crippen molar-refractivity contribution in [3.8, 4) is 0 Å². The molecule has 104 valence electrons. The molecule has 0 amide bonds. The van der Waals surface area contributed by atoms with E-state index in [1.807, 2.05) is 0 Å². The Hall–Kier alpha value is -0.160. The quantitative estimate of drug-likeness (QED) is 0.747. The zero-order valence-corrected chi connectivity index (χ0v) is 11.4. The Balaban J connectivity index is 1.36. The molecule has 18 heavy (non-hydrogen) atoms. The van der Waals surface area contributed by atoms with Crippen LogP contribution in [0.5, 0.6) is 0 Å². The summed E-state index contributed by atoms with van der Waals surface area (Å²) in [6.07, 6.45) is 5.59. The molecular formula is C14H27N3O. The standard InChI is InChI=1S/C14H27N3O/c1-2-14(12-15-13-3-4-13)17(5-1)7-6-16-8-10-18-11-9-16/h13-15H,1-12H2. The molecule has 0 spiro atoms. The number of hydrogen-bond donors (Lipinski definition) is 1. The van der Waals surface area contributed by atoms with Gasteiger partial charge in [0.05, 0.1) is 13.2 Å². The molecule has 0 aromatic carbocycles. The highest BCUT2D eigenvalue weighted by Crippen LogP contribution is 2.21. The molecule has 0 radical (unpaired) electrons. The molecule has 2 heterocycles. The van der Waals surface area contributed by atoms with Gasteiger partial charge in [0.25, 0.3) is 0 Å². The minimum Gasteiger partial charge on any atom is -0.379 e. The lowest BCUT2D eigenvalue weighted by Gasteiger charge is -2.31. The molecule has 1 unspecified atom stereocenters. The van der Waals surface area contributed by atoms with Crippen LogP contribution in [0.25, 0.3) is 0 Å². The molecule has 2 saturated heterocycles. The molecule has 0 aromatic rings. The van der Waals surface area contributed by atoms with Gasteiger partial charge in [0.15, 0.2) is 0 Å². The third-order valence-corrected chi connectivity index (χ3v) is 4.53. The predicted molar refractivity (Wildman–Crippen MR) is 72.9 cm³/mol. The number of nitrogens with one attached hydrogen (secondary N) is 1. The second-order valence-electron chi connectivity index (χ2n) is 5.97. The third kappa shape index (κ3) is 3.67. The molecule has 1 N–H and O–H groups in total. The molecule has 4 heteroatoms. The minimum absolute atomic E-state index is 0.798. The molecule has 2 aliphatic heterocycles. The van der Waals surface area contributed by atoms with Crippen LogP contribution >= 0.6 is 0 Å². The zero-order valence-electron chi connectivity index (χ0n) is 11.4. The molecule has 0 aromatic heterocycles. The van der Waals surface area contributed by atoms with E-state index in [4.69, 9.17) is 4.74 Å². The van der Waals surface area contributed by atoms with Crippen molar-refractivity contribution in [3.63, 3.8) is 0 Å². The molecule has 3 fully saturated rings. The summed E-state index contributed by atoms with van der Waals surface area (Å²) < 4.78 is 5.40. The van der Waals surface area contributed by atoms with Crippen LogP contribution in [0.15, 0.2) is 0 Å². The first-order valence-corrected chi connectivity index (χ1v) is 7.69. The van der Waals surface area contributed by atoms with Crippen LogP contribution in [0.2, 0.25) is 0 Å². The lowest BCUT2D eigenvalue weighted by Crippen LogP contribution is -2.45. The van der Waals surface area contributed by atoms with Gasteiger partial charge in [0, 0.05) is 44.8 Å². The Bertz CT molecular complexity index is 251. The van der Waals surface area contributed by atoms with Gasteiger partial charge in [0.2, 0.25) is 0 Å². The van der Waals surface area contributed by atoms with Gasteiger partial charge >= 0.3 is 0 Å². The van der Waals surface area contributed by atoms with Crippen LogP contribution < -0.4 is 5.32 Å². The lowest BCUT2D eigenvalue weighted by atomic mass is 10.2. The Morgan fingerprint density at radius 3 is 2.61 bits per heavy atom. The van der Waals surface area contributed by atoms with Crippen molar-refractivity contribution in [2.45, 2.75) is 37.8 Å². The highest BCUT2D eigenvalue weighted by molar-refractivity contribution is 4.87. The van der Waals surface area contributed by atoms with Crippen molar-refractivity contribution in [1.29, 1.82) is 0 Å².